The quantitative estimate of drug-likeness (QED) is 0.839. The van der Waals surface area contributed by atoms with Gasteiger partial charge in [-0.15, -0.1) is 0 Å². The molecule has 1 aromatic rings. The third-order valence-electron chi connectivity index (χ3n) is 4.08. The summed E-state index contributed by atoms with van der Waals surface area (Å²) < 4.78 is 0. The maximum Gasteiger partial charge on any atom is 0.225 e. The second-order valence-corrected chi connectivity index (χ2v) is 6.45. The van der Waals surface area contributed by atoms with E-state index in [1.54, 1.807) is 0 Å². The number of nitrogens with zero attached hydrogens (tertiary/aromatic N) is 3. The fraction of sp³-hybridized carbons (Fsp3) is 0.750. The Morgan fingerprint density at radius 3 is 2.57 bits per heavy atom. The second-order valence-electron chi connectivity index (χ2n) is 6.45. The fourth-order valence-electron chi connectivity index (χ4n) is 2.82. The molecule has 0 amide bonds. The number of likely N-dealkylation sites (N-methyl/N-ethyl adjacent to an activating group) is 1. The van der Waals surface area contributed by atoms with Crippen LogP contribution in [0, 0.1) is 5.92 Å². The van der Waals surface area contributed by atoms with E-state index in [-0.39, 0.29) is 12.1 Å². The highest BCUT2D eigenvalue weighted by molar-refractivity contribution is 5.31. The molecule has 21 heavy (non-hydrogen) atoms. The highest BCUT2D eigenvalue weighted by Crippen LogP contribution is 2.24. The van der Waals surface area contributed by atoms with Gasteiger partial charge in [-0.3, -0.25) is 0 Å². The average molecular weight is 292 g/mol. The first kappa shape index (κ1) is 16.2. The first-order valence-electron chi connectivity index (χ1n) is 8.00. The molecule has 0 aliphatic heterocycles. The molecule has 0 aromatic carbocycles. The van der Waals surface area contributed by atoms with Crippen molar-refractivity contribution in [3.8, 4) is 0 Å². The van der Waals surface area contributed by atoms with Crippen molar-refractivity contribution in [2.75, 3.05) is 18.5 Å². The van der Waals surface area contributed by atoms with Crippen LogP contribution >= 0.6 is 0 Å². The Labute approximate surface area is 127 Å². The summed E-state index contributed by atoms with van der Waals surface area (Å²) in [5, 5.41) is 13.5. The zero-order chi connectivity index (χ0) is 15.2. The van der Waals surface area contributed by atoms with E-state index in [1.807, 2.05) is 24.3 Å². The summed E-state index contributed by atoms with van der Waals surface area (Å²) in [6, 6.07) is 0.142. The van der Waals surface area contributed by atoms with E-state index >= 15 is 0 Å². The van der Waals surface area contributed by atoms with Gasteiger partial charge in [-0.25, -0.2) is 9.97 Å². The molecule has 2 rings (SSSR count). The number of aromatic nitrogens is 2. The molecule has 1 fully saturated rings. The van der Waals surface area contributed by atoms with Crippen molar-refractivity contribution in [2.45, 2.75) is 58.2 Å². The Kier molecular flexibility index (Phi) is 5.94. The molecule has 1 heterocycles. The Morgan fingerprint density at radius 2 is 1.95 bits per heavy atom. The number of rotatable bonds is 6. The van der Waals surface area contributed by atoms with Gasteiger partial charge in [-0.2, -0.15) is 0 Å². The second kappa shape index (κ2) is 7.71. The van der Waals surface area contributed by atoms with Crippen molar-refractivity contribution in [1.82, 2.24) is 15.3 Å². The molecule has 118 valence electrons. The minimum atomic E-state index is -0.264. The number of aliphatic hydroxyl groups is 1. The van der Waals surface area contributed by atoms with Crippen molar-refractivity contribution < 1.29 is 5.11 Å². The maximum absolute atomic E-state index is 10.1. The normalized spacial score (nSPS) is 22.5. The number of aliphatic hydroxyl groups excluding tert-OH is 1. The number of nitrogens with one attached hydrogen (secondary N) is 1. The highest BCUT2D eigenvalue weighted by atomic mass is 16.3. The number of hydrogen-bond acceptors (Lipinski definition) is 5. The molecule has 0 saturated heterocycles. The average Bonchev–Trinajstić information content (AvgIpc) is 2.47. The van der Waals surface area contributed by atoms with Crippen molar-refractivity contribution in [1.29, 1.82) is 0 Å². The molecule has 1 saturated carbocycles. The summed E-state index contributed by atoms with van der Waals surface area (Å²) in [6.45, 7) is 6.18. The standard InChI is InChI=1S/C16H28N4O/c1-12(2)8-17-9-13-10-18-16(19-11-13)20(3)14-6-4-5-7-15(14)21/h10-12,14-15,17,21H,4-9H2,1-3H3. The predicted molar refractivity (Wildman–Crippen MR) is 85.2 cm³/mol. The lowest BCUT2D eigenvalue weighted by atomic mass is 9.92. The maximum atomic E-state index is 10.1. The molecule has 0 bridgehead atoms. The van der Waals surface area contributed by atoms with Crippen LogP contribution in [0.15, 0.2) is 12.4 Å². The molecule has 1 aliphatic carbocycles. The zero-order valence-electron chi connectivity index (χ0n) is 13.4. The lowest BCUT2D eigenvalue weighted by Gasteiger charge is -2.35. The Morgan fingerprint density at radius 1 is 1.29 bits per heavy atom. The van der Waals surface area contributed by atoms with Crippen LogP contribution < -0.4 is 10.2 Å². The van der Waals surface area contributed by atoms with Crippen LogP contribution in [0.5, 0.6) is 0 Å². The first-order valence-corrected chi connectivity index (χ1v) is 8.00. The van der Waals surface area contributed by atoms with Crippen LogP contribution in [0.3, 0.4) is 0 Å². The van der Waals surface area contributed by atoms with Crippen molar-refractivity contribution in [3.63, 3.8) is 0 Å². The van der Waals surface area contributed by atoms with Gasteiger partial charge in [0.25, 0.3) is 0 Å². The summed E-state index contributed by atoms with van der Waals surface area (Å²) in [6.07, 6.45) is 7.67. The van der Waals surface area contributed by atoms with Crippen LogP contribution in [-0.4, -0.2) is 40.8 Å². The van der Waals surface area contributed by atoms with Crippen molar-refractivity contribution >= 4 is 5.95 Å². The Balaban J connectivity index is 1.91. The summed E-state index contributed by atoms with van der Waals surface area (Å²) in [4.78, 5) is 10.9. The number of hydrogen-bond donors (Lipinski definition) is 2. The van der Waals surface area contributed by atoms with Gasteiger partial charge in [-0.05, 0) is 25.3 Å². The summed E-state index contributed by atoms with van der Waals surface area (Å²) in [5.74, 6) is 1.35. The van der Waals surface area contributed by atoms with Gasteiger partial charge in [0.05, 0.1) is 12.1 Å². The lowest BCUT2D eigenvalue weighted by Crippen LogP contribution is -2.44. The van der Waals surface area contributed by atoms with Crippen LogP contribution in [0.2, 0.25) is 0 Å². The van der Waals surface area contributed by atoms with Crippen LogP contribution in [0.1, 0.15) is 45.1 Å². The zero-order valence-corrected chi connectivity index (χ0v) is 13.4. The lowest BCUT2D eigenvalue weighted by molar-refractivity contribution is 0.105. The van der Waals surface area contributed by atoms with Gasteiger partial charge in [0.15, 0.2) is 0 Å². The molecule has 1 aromatic heterocycles. The van der Waals surface area contributed by atoms with Crippen LogP contribution in [0.4, 0.5) is 5.95 Å². The van der Waals surface area contributed by atoms with Gasteiger partial charge < -0.3 is 15.3 Å². The molecule has 2 atom stereocenters. The van der Waals surface area contributed by atoms with Gasteiger partial charge in [0.1, 0.15) is 0 Å². The monoisotopic (exact) mass is 292 g/mol. The highest BCUT2D eigenvalue weighted by Gasteiger charge is 2.27. The van der Waals surface area contributed by atoms with Gasteiger partial charge in [-0.1, -0.05) is 26.7 Å². The van der Waals surface area contributed by atoms with E-state index in [9.17, 15) is 5.11 Å². The molecule has 1 aliphatic rings. The summed E-state index contributed by atoms with van der Waals surface area (Å²) >= 11 is 0. The minimum absolute atomic E-state index is 0.142. The first-order chi connectivity index (χ1) is 10.1. The Bertz CT molecular complexity index is 421. The predicted octanol–water partition coefficient (Wildman–Crippen LogP) is 1.96. The van der Waals surface area contributed by atoms with E-state index in [0.29, 0.717) is 11.9 Å². The molecule has 0 spiro atoms. The van der Waals surface area contributed by atoms with Gasteiger partial charge >= 0.3 is 0 Å². The van der Waals surface area contributed by atoms with E-state index in [2.05, 4.69) is 29.1 Å². The smallest absolute Gasteiger partial charge is 0.225 e. The molecule has 0 radical (unpaired) electrons. The third kappa shape index (κ3) is 4.64. The summed E-state index contributed by atoms with van der Waals surface area (Å²) in [5.41, 5.74) is 1.09. The molecular formula is C16H28N4O. The van der Waals surface area contributed by atoms with Gasteiger partial charge in [0.2, 0.25) is 5.95 Å². The molecular weight excluding hydrogens is 264 g/mol. The van der Waals surface area contributed by atoms with Crippen molar-refractivity contribution in [2.24, 2.45) is 5.92 Å². The Hall–Kier alpha value is -1.20. The van der Waals surface area contributed by atoms with E-state index < -0.39 is 0 Å². The van der Waals surface area contributed by atoms with Crippen LogP contribution in [0.25, 0.3) is 0 Å². The van der Waals surface area contributed by atoms with Crippen molar-refractivity contribution in [3.05, 3.63) is 18.0 Å². The third-order valence-corrected chi connectivity index (χ3v) is 4.08. The molecule has 5 nitrogen and oxygen atoms in total. The van der Waals surface area contributed by atoms with Crippen LogP contribution in [-0.2, 0) is 6.54 Å². The molecule has 2 N–H and O–H groups in total. The number of anilines is 1. The topological polar surface area (TPSA) is 61.3 Å². The van der Waals surface area contributed by atoms with E-state index in [4.69, 9.17) is 0 Å². The largest absolute Gasteiger partial charge is 0.391 e. The SMILES string of the molecule is CC(C)CNCc1cnc(N(C)C2CCCCC2O)nc1. The summed E-state index contributed by atoms with van der Waals surface area (Å²) in [7, 11) is 1.98. The van der Waals surface area contributed by atoms with E-state index in [1.165, 1.54) is 6.42 Å². The van der Waals surface area contributed by atoms with E-state index in [0.717, 1.165) is 37.9 Å². The fourth-order valence-corrected chi connectivity index (χ4v) is 2.82. The minimum Gasteiger partial charge on any atom is -0.391 e. The molecule has 5 heteroatoms. The molecule has 2 unspecified atom stereocenters. The van der Waals surface area contributed by atoms with Gasteiger partial charge in [0, 0.05) is 31.5 Å².